The van der Waals surface area contributed by atoms with Crippen LogP contribution in [0.25, 0.3) is 0 Å². The number of hydrogen-bond acceptors (Lipinski definition) is 3. The van der Waals surface area contributed by atoms with Crippen molar-refractivity contribution in [2.45, 2.75) is 32.8 Å². The van der Waals surface area contributed by atoms with Gasteiger partial charge in [-0.1, -0.05) is 32.0 Å². The van der Waals surface area contributed by atoms with Crippen molar-refractivity contribution in [3.8, 4) is 0 Å². The molecule has 96 valence electrons. The Morgan fingerprint density at radius 3 is 2.29 bits per heavy atom. The largest absolute Gasteiger partial charge is 0.398 e. The second kappa shape index (κ2) is 7.30. The molecular formula is C14H24N2O. The number of hydrogen-bond donors (Lipinski definition) is 2. The highest BCUT2D eigenvalue weighted by molar-refractivity contribution is 5.47. The summed E-state index contributed by atoms with van der Waals surface area (Å²) in [6.45, 7) is 7.03. The Labute approximate surface area is 104 Å². The number of benzene rings is 1. The molecule has 0 saturated carbocycles. The summed E-state index contributed by atoms with van der Waals surface area (Å²) in [5.74, 6) is 0. The molecule has 17 heavy (non-hydrogen) atoms. The molecular weight excluding hydrogens is 212 g/mol. The molecule has 0 heterocycles. The van der Waals surface area contributed by atoms with E-state index in [-0.39, 0.29) is 0 Å². The van der Waals surface area contributed by atoms with Crippen LogP contribution < -0.4 is 5.73 Å². The van der Waals surface area contributed by atoms with Gasteiger partial charge >= 0.3 is 0 Å². The monoisotopic (exact) mass is 236 g/mol. The highest BCUT2D eigenvalue weighted by Crippen LogP contribution is 2.20. The lowest BCUT2D eigenvalue weighted by molar-refractivity contribution is 0.113. The van der Waals surface area contributed by atoms with Crippen LogP contribution in [0.1, 0.15) is 38.4 Å². The van der Waals surface area contributed by atoms with Crippen LogP contribution in [-0.2, 0) is 0 Å². The smallest absolute Gasteiger partial charge is 0.0936 e. The molecule has 1 atom stereocenters. The first kappa shape index (κ1) is 14.0. The molecule has 3 N–H and O–H groups in total. The zero-order valence-electron chi connectivity index (χ0n) is 10.9. The number of nitrogens with zero attached hydrogens (tertiary/aromatic N) is 1. The summed E-state index contributed by atoms with van der Waals surface area (Å²) >= 11 is 0. The molecule has 0 fully saturated rings. The van der Waals surface area contributed by atoms with Gasteiger partial charge < -0.3 is 15.7 Å². The number of para-hydroxylation sites is 1. The van der Waals surface area contributed by atoms with Crippen LogP contribution >= 0.6 is 0 Å². The maximum atomic E-state index is 10.2. The van der Waals surface area contributed by atoms with Gasteiger partial charge in [0.05, 0.1) is 6.10 Å². The van der Waals surface area contributed by atoms with Gasteiger partial charge in [0.15, 0.2) is 0 Å². The third kappa shape index (κ3) is 4.36. The molecule has 0 bridgehead atoms. The fourth-order valence-electron chi connectivity index (χ4n) is 2.08. The van der Waals surface area contributed by atoms with Crippen LogP contribution in [0, 0.1) is 0 Å². The minimum Gasteiger partial charge on any atom is -0.398 e. The van der Waals surface area contributed by atoms with E-state index < -0.39 is 6.10 Å². The first-order chi connectivity index (χ1) is 8.19. The predicted molar refractivity (Wildman–Crippen MR) is 72.8 cm³/mol. The van der Waals surface area contributed by atoms with E-state index >= 15 is 0 Å². The lowest BCUT2D eigenvalue weighted by atomic mass is 10.1. The summed E-state index contributed by atoms with van der Waals surface area (Å²) < 4.78 is 0. The molecule has 1 unspecified atom stereocenters. The van der Waals surface area contributed by atoms with E-state index in [4.69, 9.17) is 5.73 Å². The average molecular weight is 236 g/mol. The van der Waals surface area contributed by atoms with Gasteiger partial charge in [0, 0.05) is 17.8 Å². The van der Waals surface area contributed by atoms with E-state index in [0.717, 1.165) is 31.5 Å². The molecule has 0 aliphatic rings. The Kier molecular flexibility index (Phi) is 6.01. The van der Waals surface area contributed by atoms with Crippen LogP contribution in [0.2, 0.25) is 0 Å². The lowest BCUT2D eigenvalue weighted by Gasteiger charge is -2.24. The van der Waals surface area contributed by atoms with Gasteiger partial charge in [-0.05, 0) is 32.0 Å². The average Bonchev–Trinajstić information content (AvgIpc) is 2.30. The second-order valence-corrected chi connectivity index (χ2v) is 4.45. The van der Waals surface area contributed by atoms with Crippen molar-refractivity contribution in [2.75, 3.05) is 25.4 Å². The zero-order valence-corrected chi connectivity index (χ0v) is 10.9. The van der Waals surface area contributed by atoms with Crippen molar-refractivity contribution in [1.29, 1.82) is 0 Å². The molecule has 0 aliphatic heterocycles. The van der Waals surface area contributed by atoms with Gasteiger partial charge in [0.1, 0.15) is 0 Å². The van der Waals surface area contributed by atoms with Crippen LogP contribution in [0.15, 0.2) is 24.3 Å². The maximum absolute atomic E-state index is 10.2. The Morgan fingerprint density at radius 2 is 1.76 bits per heavy atom. The Balaban J connectivity index is 2.63. The molecule has 0 saturated heterocycles. The van der Waals surface area contributed by atoms with Gasteiger partial charge in [-0.25, -0.2) is 0 Å². The van der Waals surface area contributed by atoms with E-state index in [2.05, 4.69) is 18.7 Å². The number of anilines is 1. The molecule has 0 radical (unpaired) electrons. The fourth-order valence-corrected chi connectivity index (χ4v) is 2.08. The molecule has 0 aromatic heterocycles. The Morgan fingerprint density at radius 1 is 1.18 bits per heavy atom. The molecule has 0 amide bonds. The molecule has 1 aromatic carbocycles. The first-order valence-corrected chi connectivity index (χ1v) is 6.43. The number of aliphatic hydroxyl groups excluding tert-OH is 1. The van der Waals surface area contributed by atoms with Crippen molar-refractivity contribution in [3.05, 3.63) is 29.8 Å². The SMILES string of the molecule is CCCN(CCC)CC(O)c1ccccc1N. The summed E-state index contributed by atoms with van der Waals surface area (Å²) in [5, 5.41) is 10.2. The number of aliphatic hydroxyl groups is 1. The van der Waals surface area contributed by atoms with E-state index in [1.54, 1.807) is 0 Å². The van der Waals surface area contributed by atoms with Gasteiger partial charge in [-0.15, -0.1) is 0 Å². The summed E-state index contributed by atoms with van der Waals surface area (Å²) in [5.41, 5.74) is 7.38. The normalized spacial score (nSPS) is 12.9. The highest BCUT2D eigenvalue weighted by atomic mass is 16.3. The lowest BCUT2D eigenvalue weighted by Crippen LogP contribution is -2.30. The maximum Gasteiger partial charge on any atom is 0.0936 e. The van der Waals surface area contributed by atoms with E-state index in [1.807, 2.05) is 24.3 Å². The van der Waals surface area contributed by atoms with Crippen LogP contribution in [0.4, 0.5) is 5.69 Å². The quantitative estimate of drug-likeness (QED) is 0.715. The fraction of sp³-hybridized carbons (Fsp3) is 0.571. The molecule has 1 aromatic rings. The summed E-state index contributed by atoms with van der Waals surface area (Å²) in [7, 11) is 0. The van der Waals surface area contributed by atoms with Crippen LogP contribution in [0.3, 0.4) is 0 Å². The topological polar surface area (TPSA) is 49.5 Å². The second-order valence-electron chi connectivity index (χ2n) is 4.45. The molecule has 3 heteroatoms. The number of rotatable bonds is 7. The van der Waals surface area contributed by atoms with E-state index in [0.29, 0.717) is 12.2 Å². The van der Waals surface area contributed by atoms with Crippen molar-refractivity contribution < 1.29 is 5.11 Å². The summed E-state index contributed by atoms with van der Waals surface area (Å²) in [6, 6.07) is 7.54. The predicted octanol–water partition coefficient (Wildman–Crippen LogP) is 2.42. The molecule has 1 rings (SSSR count). The third-order valence-corrected chi connectivity index (χ3v) is 2.87. The van der Waals surface area contributed by atoms with Crippen LogP contribution in [-0.4, -0.2) is 29.6 Å². The molecule has 0 spiro atoms. The Hall–Kier alpha value is -1.06. The van der Waals surface area contributed by atoms with Crippen molar-refractivity contribution in [1.82, 2.24) is 4.90 Å². The van der Waals surface area contributed by atoms with Gasteiger partial charge in [-0.3, -0.25) is 0 Å². The summed E-state index contributed by atoms with van der Waals surface area (Å²) in [4.78, 5) is 2.29. The first-order valence-electron chi connectivity index (χ1n) is 6.43. The van der Waals surface area contributed by atoms with Crippen molar-refractivity contribution in [3.63, 3.8) is 0 Å². The van der Waals surface area contributed by atoms with E-state index in [1.165, 1.54) is 0 Å². The summed E-state index contributed by atoms with van der Waals surface area (Å²) in [6.07, 6.45) is 1.72. The van der Waals surface area contributed by atoms with Crippen LogP contribution in [0.5, 0.6) is 0 Å². The third-order valence-electron chi connectivity index (χ3n) is 2.87. The van der Waals surface area contributed by atoms with Gasteiger partial charge in [0.2, 0.25) is 0 Å². The minimum absolute atomic E-state index is 0.491. The highest BCUT2D eigenvalue weighted by Gasteiger charge is 2.14. The van der Waals surface area contributed by atoms with E-state index in [9.17, 15) is 5.11 Å². The van der Waals surface area contributed by atoms with Gasteiger partial charge in [0.25, 0.3) is 0 Å². The minimum atomic E-state index is -0.491. The van der Waals surface area contributed by atoms with Crippen molar-refractivity contribution >= 4 is 5.69 Å². The molecule has 0 aliphatic carbocycles. The Bertz CT molecular complexity index is 322. The van der Waals surface area contributed by atoms with Gasteiger partial charge in [-0.2, -0.15) is 0 Å². The molecule has 3 nitrogen and oxygen atoms in total. The number of nitrogen functional groups attached to an aromatic ring is 1. The number of nitrogens with two attached hydrogens (primary N) is 1. The van der Waals surface area contributed by atoms with Crippen molar-refractivity contribution in [2.24, 2.45) is 0 Å². The zero-order chi connectivity index (χ0) is 12.7. The standard InChI is InChI=1S/C14H24N2O/c1-3-9-16(10-4-2)11-14(17)12-7-5-6-8-13(12)15/h5-8,14,17H,3-4,9-11,15H2,1-2H3.